The zero-order valence-corrected chi connectivity index (χ0v) is 16.8. The first-order valence-electron chi connectivity index (χ1n) is 10.1. The largest absolute Gasteiger partial charge is 0.444 e. The van der Waals surface area contributed by atoms with Gasteiger partial charge in [-0.2, -0.15) is 0 Å². The van der Waals surface area contributed by atoms with Crippen LogP contribution >= 0.6 is 0 Å². The molecule has 0 spiro atoms. The molecule has 3 rings (SSSR count). The number of rotatable bonds is 4. The number of nitrogens with one attached hydrogen (secondary N) is 1. The van der Waals surface area contributed by atoms with Gasteiger partial charge in [0.15, 0.2) is 0 Å². The Bertz CT molecular complexity index is 645. The Morgan fingerprint density at radius 2 is 1.85 bits per heavy atom. The van der Waals surface area contributed by atoms with Gasteiger partial charge in [0.05, 0.1) is 11.4 Å². The van der Waals surface area contributed by atoms with Gasteiger partial charge in [0.1, 0.15) is 11.4 Å². The second kappa shape index (κ2) is 8.36. The number of hydrogen-bond donors (Lipinski definition) is 1. The molecule has 0 atom stereocenters. The van der Waals surface area contributed by atoms with Gasteiger partial charge in [-0.05, 0) is 64.5 Å². The van der Waals surface area contributed by atoms with E-state index in [4.69, 9.17) is 4.74 Å². The summed E-state index contributed by atoms with van der Waals surface area (Å²) in [6.45, 7) is 9.72. The van der Waals surface area contributed by atoms with Crippen molar-refractivity contribution in [3.05, 3.63) is 24.0 Å². The zero-order chi connectivity index (χ0) is 19.4. The summed E-state index contributed by atoms with van der Waals surface area (Å²) in [5.74, 6) is 0.319. The Balaban J connectivity index is 1.52. The standard InChI is InChI=1S/C21H32FN3O2/c1-21(2,3)27-20(26)25-13-9-16(10-14-25)15-23-18-8-6-7-17(22)19(18)24-11-4-5-12-24/h6-8,16,23H,4-5,9-15H2,1-3H3. The minimum Gasteiger partial charge on any atom is -0.444 e. The molecular formula is C21H32FN3O2. The molecule has 2 aliphatic heterocycles. The molecule has 2 aliphatic rings. The van der Waals surface area contributed by atoms with Crippen molar-refractivity contribution in [3.63, 3.8) is 0 Å². The van der Waals surface area contributed by atoms with Crippen molar-refractivity contribution in [2.24, 2.45) is 5.92 Å². The molecule has 5 nitrogen and oxygen atoms in total. The van der Waals surface area contributed by atoms with Gasteiger partial charge in [0.25, 0.3) is 0 Å². The molecule has 1 N–H and O–H groups in total. The smallest absolute Gasteiger partial charge is 0.410 e. The number of piperidine rings is 1. The van der Waals surface area contributed by atoms with Gasteiger partial charge in [0.2, 0.25) is 0 Å². The van der Waals surface area contributed by atoms with E-state index in [1.165, 1.54) is 6.07 Å². The van der Waals surface area contributed by atoms with Gasteiger partial charge >= 0.3 is 6.09 Å². The van der Waals surface area contributed by atoms with Crippen LogP contribution in [0.15, 0.2) is 18.2 Å². The number of carbonyl (C=O) groups excluding carboxylic acids is 1. The van der Waals surface area contributed by atoms with Crippen molar-refractivity contribution in [2.75, 3.05) is 42.9 Å². The fraction of sp³-hybridized carbons (Fsp3) is 0.667. The summed E-state index contributed by atoms with van der Waals surface area (Å²) in [4.78, 5) is 16.1. The molecule has 2 saturated heterocycles. The molecule has 2 fully saturated rings. The number of benzene rings is 1. The van der Waals surface area contributed by atoms with Crippen LogP contribution in [-0.2, 0) is 4.74 Å². The topological polar surface area (TPSA) is 44.8 Å². The average molecular weight is 378 g/mol. The molecule has 0 bridgehead atoms. The molecule has 0 radical (unpaired) electrons. The minimum absolute atomic E-state index is 0.151. The minimum atomic E-state index is -0.459. The fourth-order valence-corrected chi connectivity index (χ4v) is 3.82. The van der Waals surface area contributed by atoms with Crippen LogP contribution in [0.5, 0.6) is 0 Å². The lowest BCUT2D eigenvalue weighted by Crippen LogP contribution is -2.42. The molecule has 1 amide bonds. The molecule has 150 valence electrons. The first kappa shape index (κ1) is 19.8. The Morgan fingerprint density at radius 1 is 1.19 bits per heavy atom. The third-order valence-electron chi connectivity index (χ3n) is 5.26. The molecule has 1 aromatic rings. The van der Waals surface area contributed by atoms with Gasteiger partial charge in [-0.3, -0.25) is 0 Å². The summed E-state index contributed by atoms with van der Waals surface area (Å²) >= 11 is 0. The lowest BCUT2D eigenvalue weighted by molar-refractivity contribution is 0.0188. The number of halogens is 1. The Hall–Kier alpha value is -1.98. The van der Waals surface area contributed by atoms with Crippen LogP contribution in [-0.4, -0.2) is 49.3 Å². The molecule has 1 aromatic carbocycles. The van der Waals surface area contributed by atoms with Crippen molar-refractivity contribution in [3.8, 4) is 0 Å². The summed E-state index contributed by atoms with van der Waals surface area (Å²) in [5.41, 5.74) is 1.13. The van der Waals surface area contributed by atoms with Crippen LogP contribution in [0.2, 0.25) is 0 Å². The van der Waals surface area contributed by atoms with E-state index < -0.39 is 5.60 Å². The van der Waals surface area contributed by atoms with E-state index in [0.717, 1.165) is 51.0 Å². The molecular weight excluding hydrogens is 345 g/mol. The monoisotopic (exact) mass is 377 g/mol. The highest BCUT2D eigenvalue weighted by molar-refractivity contribution is 5.71. The predicted molar refractivity (Wildman–Crippen MR) is 107 cm³/mol. The predicted octanol–water partition coefficient (Wildman–Crippen LogP) is 4.48. The summed E-state index contributed by atoms with van der Waals surface area (Å²) in [6, 6.07) is 5.27. The molecule has 6 heteroatoms. The Labute approximate surface area is 161 Å². The maximum Gasteiger partial charge on any atom is 0.410 e. The Kier molecular flexibility index (Phi) is 6.12. The van der Waals surface area contributed by atoms with Crippen LogP contribution in [0.1, 0.15) is 46.5 Å². The van der Waals surface area contributed by atoms with Gasteiger partial charge < -0.3 is 19.9 Å². The van der Waals surface area contributed by atoms with E-state index in [2.05, 4.69) is 10.2 Å². The van der Waals surface area contributed by atoms with Crippen molar-refractivity contribution in [1.29, 1.82) is 0 Å². The second-order valence-corrected chi connectivity index (χ2v) is 8.62. The van der Waals surface area contributed by atoms with Crippen LogP contribution in [0.4, 0.5) is 20.6 Å². The molecule has 0 aliphatic carbocycles. The second-order valence-electron chi connectivity index (χ2n) is 8.62. The number of amides is 1. The maximum absolute atomic E-state index is 14.4. The average Bonchev–Trinajstić information content (AvgIpc) is 3.13. The third-order valence-corrected chi connectivity index (χ3v) is 5.26. The van der Waals surface area contributed by atoms with E-state index >= 15 is 0 Å². The lowest BCUT2D eigenvalue weighted by Gasteiger charge is -2.34. The van der Waals surface area contributed by atoms with E-state index in [0.29, 0.717) is 24.7 Å². The summed E-state index contributed by atoms with van der Waals surface area (Å²) < 4.78 is 19.9. The van der Waals surface area contributed by atoms with E-state index in [9.17, 15) is 9.18 Å². The zero-order valence-electron chi connectivity index (χ0n) is 16.8. The quantitative estimate of drug-likeness (QED) is 0.840. The number of hydrogen-bond acceptors (Lipinski definition) is 4. The summed E-state index contributed by atoms with van der Waals surface area (Å²) in [7, 11) is 0. The summed E-state index contributed by atoms with van der Waals surface area (Å²) in [6.07, 6.45) is 3.88. The highest BCUT2D eigenvalue weighted by Gasteiger charge is 2.27. The van der Waals surface area contributed by atoms with Gasteiger partial charge in [-0.15, -0.1) is 0 Å². The van der Waals surface area contributed by atoms with E-state index in [-0.39, 0.29) is 11.9 Å². The number of nitrogens with zero attached hydrogens (tertiary/aromatic N) is 2. The van der Waals surface area contributed by atoms with Crippen LogP contribution in [0, 0.1) is 11.7 Å². The van der Waals surface area contributed by atoms with Crippen molar-refractivity contribution in [2.45, 2.75) is 52.1 Å². The number of likely N-dealkylation sites (tertiary alicyclic amines) is 1. The normalized spacial score (nSPS) is 18.7. The first-order chi connectivity index (χ1) is 12.8. The fourth-order valence-electron chi connectivity index (χ4n) is 3.82. The highest BCUT2D eigenvalue weighted by Crippen LogP contribution is 2.32. The number of para-hydroxylation sites is 1. The van der Waals surface area contributed by atoms with Crippen molar-refractivity contribution in [1.82, 2.24) is 4.90 Å². The molecule has 2 heterocycles. The van der Waals surface area contributed by atoms with Gasteiger partial charge in [0, 0.05) is 32.7 Å². The SMILES string of the molecule is CC(C)(C)OC(=O)N1CCC(CNc2cccc(F)c2N2CCCC2)CC1. The molecule has 0 saturated carbocycles. The van der Waals surface area contributed by atoms with Crippen LogP contribution < -0.4 is 10.2 Å². The number of carbonyl (C=O) groups is 1. The van der Waals surface area contributed by atoms with E-state index in [1.54, 1.807) is 11.0 Å². The number of anilines is 2. The van der Waals surface area contributed by atoms with Crippen LogP contribution in [0.25, 0.3) is 0 Å². The third kappa shape index (κ3) is 5.27. The van der Waals surface area contributed by atoms with Gasteiger partial charge in [-0.25, -0.2) is 9.18 Å². The van der Waals surface area contributed by atoms with Crippen molar-refractivity contribution >= 4 is 17.5 Å². The van der Waals surface area contributed by atoms with E-state index in [1.807, 2.05) is 26.8 Å². The van der Waals surface area contributed by atoms with Crippen molar-refractivity contribution < 1.29 is 13.9 Å². The molecule has 0 unspecified atom stereocenters. The maximum atomic E-state index is 14.4. The lowest BCUT2D eigenvalue weighted by atomic mass is 9.97. The van der Waals surface area contributed by atoms with Crippen LogP contribution in [0.3, 0.4) is 0 Å². The number of ether oxygens (including phenoxy) is 1. The highest BCUT2D eigenvalue weighted by atomic mass is 19.1. The summed E-state index contributed by atoms with van der Waals surface area (Å²) in [5, 5.41) is 3.47. The molecule has 0 aromatic heterocycles. The molecule has 27 heavy (non-hydrogen) atoms. The first-order valence-corrected chi connectivity index (χ1v) is 10.1. The van der Waals surface area contributed by atoms with Gasteiger partial charge in [-0.1, -0.05) is 6.07 Å². The Morgan fingerprint density at radius 3 is 2.48 bits per heavy atom.